The van der Waals surface area contributed by atoms with Crippen LogP contribution in [-0.4, -0.2) is 30.6 Å². The summed E-state index contributed by atoms with van der Waals surface area (Å²) in [7, 11) is 0. The summed E-state index contributed by atoms with van der Waals surface area (Å²) in [5, 5.41) is 7.58. The Balaban J connectivity index is 1.86. The molecule has 0 saturated carbocycles. The minimum atomic E-state index is -0.939. The third-order valence-electron chi connectivity index (χ3n) is 3.69. The molecule has 0 aromatic heterocycles. The fourth-order valence-corrected chi connectivity index (χ4v) is 2.32. The van der Waals surface area contributed by atoms with Crippen LogP contribution in [0.25, 0.3) is 0 Å². The van der Waals surface area contributed by atoms with Crippen LogP contribution < -0.4 is 16.0 Å². The molecule has 0 spiro atoms. The first-order valence-corrected chi connectivity index (χ1v) is 8.70. The van der Waals surface area contributed by atoms with E-state index in [9.17, 15) is 18.8 Å². The number of hydrogen-bond acceptors (Lipinski definition) is 4. The average Bonchev–Trinajstić information content (AvgIpc) is 2.65. The molecule has 1 atom stereocenters. The van der Waals surface area contributed by atoms with Crippen molar-refractivity contribution in [2.75, 3.05) is 17.2 Å². The highest BCUT2D eigenvalue weighted by Crippen LogP contribution is 2.10. The molecule has 0 aliphatic heterocycles. The maximum absolute atomic E-state index is 13.1. The number of nitrogens with one attached hydrogen (secondary N) is 3. The van der Waals surface area contributed by atoms with E-state index in [1.165, 1.54) is 18.2 Å². The summed E-state index contributed by atoms with van der Waals surface area (Å²) in [6.45, 7) is 2.92. The molecule has 0 aliphatic carbocycles. The van der Waals surface area contributed by atoms with Crippen LogP contribution in [0.4, 0.5) is 20.6 Å². The monoisotopic (exact) mass is 387 g/mol. The molecule has 3 amide bonds. The molecule has 2 aromatic carbocycles. The molecule has 28 heavy (non-hydrogen) atoms. The lowest BCUT2D eigenvalue weighted by Gasteiger charge is -2.21. The normalized spacial score (nSPS) is 11.4. The van der Waals surface area contributed by atoms with Crippen molar-refractivity contribution >= 4 is 29.3 Å². The third-order valence-corrected chi connectivity index (χ3v) is 3.69. The first-order chi connectivity index (χ1) is 13.3. The number of esters is 1. The number of benzene rings is 2. The topological polar surface area (TPSA) is 96.5 Å². The van der Waals surface area contributed by atoms with Gasteiger partial charge in [0.15, 0.2) is 6.61 Å². The molecule has 0 saturated heterocycles. The molecule has 3 N–H and O–H groups in total. The number of para-hydroxylation sites is 1. The first-order valence-electron chi connectivity index (χ1n) is 8.70. The van der Waals surface area contributed by atoms with Gasteiger partial charge in [0.25, 0.3) is 5.91 Å². The fraction of sp³-hybridized carbons (Fsp3) is 0.250. The Bertz CT molecular complexity index is 827. The van der Waals surface area contributed by atoms with Crippen LogP contribution in [0.3, 0.4) is 0 Å². The number of hydrogen-bond donors (Lipinski definition) is 3. The van der Waals surface area contributed by atoms with Crippen molar-refractivity contribution in [2.45, 2.75) is 19.9 Å². The van der Waals surface area contributed by atoms with Gasteiger partial charge >= 0.3 is 12.0 Å². The number of halogens is 1. The first kappa shape index (κ1) is 20.9. The van der Waals surface area contributed by atoms with E-state index in [0.29, 0.717) is 5.69 Å². The SMILES string of the molecule is CC(C)[C@H](NC(=O)Nc1ccccc1)C(=O)OCC(=O)Nc1cccc(F)c1. The van der Waals surface area contributed by atoms with E-state index in [4.69, 9.17) is 4.74 Å². The van der Waals surface area contributed by atoms with Crippen LogP contribution >= 0.6 is 0 Å². The number of anilines is 2. The van der Waals surface area contributed by atoms with E-state index >= 15 is 0 Å². The van der Waals surface area contributed by atoms with E-state index in [-0.39, 0.29) is 11.6 Å². The molecule has 0 bridgehead atoms. The predicted molar refractivity (Wildman–Crippen MR) is 103 cm³/mol. The van der Waals surface area contributed by atoms with E-state index < -0.39 is 36.4 Å². The van der Waals surface area contributed by atoms with Gasteiger partial charge in [0.1, 0.15) is 11.9 Å². The molecule has 2 aromatic rings. The van der Waals surface area contributed by atoms with Crippen LogP contribution in [0.15, 0.2) is 54.6 Å². The largest absolute Gasteiger partial charge is 0.454 e. The number of ether oxygens (including phenoxy) is 1. The lowest BCUT2D eigenvalue weighted by atomic mass is 10.1. The Kier molecular flexibility index (Phi) is 7.50. The Morgan fingerprint density at radius 3 is 2.29 bits per heavy atom. The van der Waals surface area contributed by atoms with E-state index in [0.717, 1.165) is 6.07 Å². The van der Waals surface area contributed by atoms with Gasteiger partial charge in [-0.05, 0) is 36.2 Å². The summed E-state index contributed by atoms with van der Waals surface area (Å²) in [4.78, 5) is 36.3. The third kappa shape index (κ3) is 6.71. The Labute approximate surface area is 162 Å². The standard InChI is InChI=1S/C20H22FN3O4/c1-13(2)18(24-20(27)23-15-8-4-3-5-9-15)19(26)28-12-17(25)22-16-10-6-7-14(21)11-16/h3-11,13,18H,12H2,1-2H3,(H,22,25)(H2,23,24,27)/t18-/m0/s1. The minimum Gasteiger partial charge on any atom is -0.454 e. The van der Waals surface area contributed by atoms with E-state index in [1.54, 1.807) is 38.1 Å². The zero-order chi connectivity index (χ0) is 20.5. The maximum Gasteiger partial charge on any atom is 0.329 e. The highest BCUT2D eigenvalue weighted by molar-refractivity contribution is 5.95. The summed E-state index contributed by atoms with van der Waals surface area (Å²) >= 11 is 0. The molecule has 0 heterocycles. The number of carbonyl (C=O) groups excluding carboxylic acids is 3. The smallest absolute Gasteiger partial charge is 0.329 e. The quantitative estimate of drug-likeness (QED) is 0.636. The molecule has 0 unspecified atom stereocenters. The zero-order valence-corrected chi connectivity index (χ0v) is 15.6. The highest BCUT2D eigenvalue weighted by atomic mass is 19.1. The lowest BCUT2D eigenvalue weighted by molar-refractivity contribution is -0.150. The van der Waals surface area contributed by atoms with Gasteiger partial charge in [-0.3, -0.25) is 4.79 Å². The van der Waals surface area contributed by atoms with Gasteiger partial charge in [0.2, 0.25) is 0 Å². The molecule has 0 fully saturated rings. The fourth-order valence-electron chi connectivity index (χ4n) is 2.32. The summed E-state index contributed by atoms with van der Waals surface area (Å²) in [5.41, 5.74) is 0.826. The highest BCUT2D eigenvalue weighted by Gasteiger charge is 2.26. The van der Waals surface area contributed by atoms with Crippen LogP contribution in [0, 0.1) is 11.7 Å². The molecule has 0 radical (unpaired) electrons. The van der Waals surface area contributed by atoms with Crippen molar-refractivity contribution in [3.8, 4) is 0 Å². The Morgan fingerprint density at radius 1 is 0.964 bits per heavy atom. The van der Waals surface area contributed by atoms with Crippen molar-refractivity contribution in [1.82, 2.24) is 5.32 Å². The molecule has 2 rings (SSSR count). The van der Waals surface area contributed by atoms with Gasteiger partial charge in [-0.15, -0.1) is 0 Å². The van der Waals surface area contributed by atoms with Crippen molar-refractivity contribution in [3.63, 3.8) is 0 Å². The number of carbonyl (C=O) groups is 3. The van der Waals surface area contributed by atoms with Gasteiger partial charge in [-0.2, -0.15) is 0 Å². The van der Waals surface area contributed by atoms with Crippen molar-refractivity contribution in [3.05, 3.63) is 60.4 Å². The van der Waals surface area contributed by atoms with Crippen LogP contribution in [-0.2, 0) is 14.3 Å². The van der Waals surface area contributed by atoms with Gasteiger partial charge in [0, 0.05) is 11.4 Å². The lowest BCUT2D eigenvalue weighted by Crippen LogP contribution is -2.47. The van der Waals surface area contributed by atoms with Crippen LogP contribution in [0.5, 0.6) is 0 Å². The van der Waals surface area contributed by atoms with Gasteiger partial charge in [-0.25, -0.2) is 14.0 Å². The van der Waals surface area contributed by atoms with Crippen LogP contribution in [0.1, 0.15) is 13.8 Å². The maximum atomic E-state index is 13.1. The molecular formula is C20H22FN3O4. The van der Waals surface area contributed by atoms with Gasteiger partial charge in [0.05, 0.1) is 0 Å². The molecular weight excluding hydrogens is 365 g/mol. The van der Waals surface area contributed by atoms with Gasteiger partial charge in [-0.1, -0.05) is 38.1 Å². The molecule has 7 nitrogen and oxygen atoms in total. The second-order valence-electron chi connectivity index (χ2n) is 6.35. The molecule has 8 heteroatoms. The average molecular weight is 387 g/mol. The Hall–Kier alpha value is -3.42. The predicted octanol–water partition coefficient (Wildman–Crippen LogP) is 3.15. The number of rotatable bonds is 7. The summed E-state index contributed by atoms with van der Waals surface area (Å²) < 4.78 is 18.1. The van der Waals surface area contributed by atoms with E-state index in [2.05, 4.69) is 16.0 Å². The Morgan fingerprint density at radius 2 is 1.64 bits per heavy atom. The minimum absolute atomic E-state index is 0.252. The van der Waals surface area contributed by atoms with Crippen molar-refractivity contribution < 1.29 is 23.5 Å². The zero-order valence-electron chi connectivity index (χ0n) is 15.6. The number of amides is 3. The summed E-state index contributed by atoms with van der Waals surface area (Å²) in [6.07, 6.45) is 0. The van der Waals surface area contributed by atoms with E-state index in [1.807, 2.05) is 6.07 Å². The molecule has 0 aliphatic rings. The second-order valence-corrected chi connectivity index (χ2v) is 6.35. The molecule has 148 valence electrons. The summed E-state index contributed by atoms with van der Waals surface area (Å²) in [5.74, 6) is -2.12. The number of urea groups is 1. The van der Waals surface area contributed by atoms with Crippen LogP contribution in [0.2, 0.25) is 0 Å². The van der Waals surface area contributed by atoms with Crippen molar-refractivity contribution in [1.29, 1.82) is 0 Å². The van der Waals surface area contributed by atoms with Gasteiger partial charge < -0.3 is 20.7 Å². The van der Waals surface area contributed by atoms with Crippen molar-refractivity contribution in [2.24, 2.45) is 5.92 Å². The second kappa shape index (κ2) is 10.1. The summed E-state index contributed by atoms with van der Waals surface area (Å²) in [6, 6.07) is 12.6.